The Morgan fingerprint density at radius 2 is 1.75 bits per heavy atom. The Labute approximate surface area is 164 Å². The molecule has 0 spiro atoms. The molecule has 8 heteroatoms. The molecule has 1 aliphatic carbocycles. The molecule has 8 nitrogen and oxygen atoms in total. The lowest BCUT2D eigenvalue weighted by Crippen LogP contribution is -2.49. The monoisotopic (exact) mass is 382 g/mol. The highest BCUT2D eigenvalue weighted by Gasteiger charge is 2.31. The van der Waals surface area contributed by atoms with Gasteiger partial charge in [-0.1, -0.05) is 5.16 Å². The first kappa shape index (κ1) is 17.5. The molecule has 0 N–H and O–H groups in total. The fourth-order valence-electron chi connectivity index (χ4n) is 4.01. The van der Waals surface area contributed by atoms with Gasteiger partial charge in [0.15, 0.2) is 5.69 Å². The summed E-state index contributed by atoms with van der Waals surface area (Å²) < 4.78 is 5.34. The lowest BCUT2D eigenvalue weighted by atomic mass is 10.2. The molecule has 1 saturated carbocycles. The molecular weight excluding hydrogens is 356 g/mol. The molecule has 2 aromatic heterocycles. The zero-order chi connectivity index (χ0) is 19.1. The Morgan fingerprint density at radius 1 is 1.00 bits per heavy atom. The first-order valence-corrected chi connectivity index (χ1v) is 10.3. The van der Waals surface area contributed by atoms with Gasteiger partial charge >= 0.3 is 0 Å². The predicted molar refractivity (Wildman–Crippen MR) is 105 cm³/mol. The highest BCUT2D eigenvalue weighted by Crippen LogP contribution is 2.40. The average Bonchev–Trinajstić information content (AvgIpc) is 3.21. The van der Waals surface area contributed by atoms with Gasteiger partial charge in [0.05, 0.1) is 0 Å². The van der Waals surface area contributed by atoms with E-state index in [1.807, 2.05) is 24.0 Å². The fraction of sp³-hybridized carbons (Fsp3) is 0.600. The Hall–Kier alpha value is -2.64. The third kappa shape index (κ3) is 3.43. The van der Waals surface area contributed by atoms with Gasteiger partial charge in [0.2, 0.25) is 5.95 Å². The SMILES string of the molecule is Cc1cc(N2CCN(C(=O)c3cc(C4CC4)on3)CC2)nc(N2CCCC2)n1. The molecule has 3 fully saturated rings. The van der Waals surface area contributed by atoms with Gasteiger partial charge in [0, 0.05) is 63.0 Å². The summed E-state index contributed by atoms with van der Waals surface area (Å²) in [5, 5.41) is 3.99. The van der Waals surface area contributed by atoms with Crippen molar-refractivity contribution in [2.24, 2.45) is 0 Å². The third-order valence-corrected chi connectivity index (χ3v) is 5.84. The van der Waals surface area contributed by atoms with Gasteiger partial charge in [-0.25, -0.2) is 4.98 Å². The molecular formula is C20H26N6O2. The molecule has 3 aliphatic rings. The standard InChI is InChI=1S/C20H26N6O2/c1-14-12-18(22-20(21-14)26-6-2-3-7-26)24-8-10-25(11-9-24)19(27)16-13-17(28-23-16)15-4-5-15/h12-13,15H,2-11H2,1H3. The van der Waals surface area contributed by atoms with Gasteiger partial charge in [-0.15, -0.1) is 0 Å². The van der Waals surface area contributed by atoms with E-state index in [0.29, 0.717) is 24.7 Å². The van der Waals surface area contributed by atoms with Crippen molar-refractivity contribution in [2.75, 3.05) is 49.1 Å². The number of carbonyl (C=O) groups excluding carboxylic acids is 1. The molecule has 148 valence electrons. The van der Waals surface area contributed by atoms with Crippen LogP contribution in [0.15, 0.2) is 16.7 Å². The molecule has 0 unspecified atom stereocenters. The minimum absolute atomic E-state index is 0.0353. The van der Waals surface area contributed by atoms with Crippen LogP contribution >= 0.6 is 0 Å². The maximum Gasteiger partial charge on any atom is 0.276 e. The number of hydrogen-bond acceptors (Lipinski definition) is 7. The molecule has 0 atom stereocenters. The van der Waals surface area contributed by atoms with Gasteiger partial charge in [-0.05, 0) is 32.6 Å². The van der Waals surface area contributed by atoms with E-state index in [9.17, 15) is 4.79 Å². The zero-order valence-corrected chi connectivity index (χ0v) is 16.3. The zero-order valence-electron chi connectivity index (χ0n) is 16.3. The number of aromatic nitrogens is 3. The van der Waals surface area contributed by atoms with Crippen LogP contribution in [0.4, 0.5) is 11.8 Å². The highest BCUT2D eigenvalue weighted by molar-refractivity contribution is 5.92. The van der Waals surface area contributed by atoms with Crippen molar-refractivity contribution in [2.45, 2.75) is 38.5 Å². The van der Waals surface area contributed by atoms with Gasteiger partial charge in [-0.2, -0.15) is 4.98 Å². The highest BCUT2D eigenvalue weighted by atomic mass is 16.5. The minimum Gasteiger partial charge on any atom is -0.360 e. The lowest BCUT2D eigenvalue weighted by molar-refractivity contribution is 0.0736. The summed E-state index contributed by atoms with van der Waals surface area (Å²) >= 11 is 0. The van der Waals surface area contributed by atoms with Crippen molar-refractivity contribution >= 4 is 17.7 Å². The predicted octanol–water partition coefficient (Wildman–Crippen LogP) is 2.21. The van der Waals surface area contributed by atoms with Gasteiger partial charge in [0.25, 0.3) is 5.91 Å². The van der Waals surface area contributed by atoms with Crippen LogP contribution in [0.1, 0.15) is 53.5 Å². The van der Waals surface area contributed by atoms with Crippen LogP contribution in [-0.2, 0) is 0 Å². The second-order valence-corrected chi connectivity index (χ2v) is 8.03. The quantitative estimate of drug-likeness (QED) is 0.802. The summed E-state index contributed by atoms with van der Waals surface area (Å²) in [5.41, 5.74) is 1.42. The summed E-state index contributed by atoms with van der Waals surface area (Å²) in [5.74, 6) is 3.08. The topological polar surface area (TPSA) is 78.6 Å². The van der Waals surface area contributed by atoms with Crippen molar-refractivity contribution in [3.05, 3.63) is 29.3 Å². The summed E-state index contributed by atoms with van der Waals surface area (Å²) in [6.07, 6.45) is 4.69. The second-order valence-electron chi connectivity index (χ2n) is 8.03. The number of anilines is 2. The van der Waals surface area contributed by atoms with Crippen LogP contribution in [-0.4, -0.2) is 65.2 Å². The van der Waals surface area contributed by atoms with Crippen LogP contribution < -0.4 is 9.80 Å². The van der Waals surface area contributed by atoms with Crippen molar-refractivity contribution in [3.8, 4) is 0 Å². The number of carbonyl (C=O) groups is 1. The average molecular weight is 382 g/mol. The minimum atomic E-state index is -0.0353. The van der Waals surface area contributed by atoms with E-state index in [0.717, 1.165) is 62.2 Å². The van der Waals surface area contributed by atoms with E-state index >= 15 is 0 Å². The number of aryl methyl sites for hydroxylation is 1. The molecule has 1 amide bonds. The number of hydrogen-bond donors (Lipinski definition) is 0. The van der Waals surface area contributed by atoms with Crippen LogP contribution in [0.3, 0.4) is 0 Å². The maximum atomic E-state index is 12.7. The Morgan fingerprint density at radius 3 is 2.46 bits per heavy atom. The largest absolute Gasteiger partial charge is 0.360 e. The summed E-state index contributed by atoms with van der Waals surface area (Å²) in [7, 11) is 0. The van der Waals surface area contributed by atoms with Crippen LogP contribution in [0.25, 0.3) is 0 Å². The van der Waals surface area contributed by atoms with E-state index in [-0.39, 0.29) is 5.91 Å². The molecule has 5 rings (SSSR count). The van der Waals surface area contributed by atoms with E-state index in [2.05, 4.69) is 19.9 Å². The van der Waals surface area contributed by atoms with Crippen LogP contribution in [0.2, 0.25) is 0 Å². The van der Waals surface area contributed by atoms with Crippen molar-refractivity contribution in [3.63, 3.8) is 0 Å². The second kappa shape index (κ2) is 7.07. The normalized spacial score (nSPS) is 20.1. The number of rotatable bonds is 4. The molecule has 4 heterocycles. The molecule has 0 radical (unpaired) electrons. The van der Waals surface area contributed by atoms with E-state index in [1.165, 1.54) is 12.8 Å². The van der Waals surface area contributed by atoms with E-state index < -0.39 is 0 Å². The van der Waals surface area contributed by atoms with Crippen molar-refractivity contribution in [1.82, 2.24) is 20.0 Å². The fourth-order valence-corrected chi connectivity index (χ4v) is 4.01. The van der Waals surface area contributed by atoms with E-state index in [4.69, 9.17) is 9.51 Å². The Kier molecular flexibility index (Phi) is 4.41. The van der Waals surface area contributed by atoms with Crippen LogP contribution in [0.5, 0.6) is 0 Å². The first-order valence-electron chi connectivity index (χ1n) is 10.3. The number of amides is 1. The number of piperazine rings is 1. The maximum absolute atomic E-state index is 12.7. The smallest absolute Gasteiger partial charge is 0.276 e. The van der Waals surface area contributed by atoms with Gasteiger partial charge < -0.3 is 19.2 Å². The van der Waals surface area contributed by atoms with Gasteiger partial charge in [-0.3, -0.25) is 4.79 Å². The first-order chi connectivity index (χ1) is 13.7. The van der Waals surface area contributed by atoms with Crippen molar-refractivity contribution < 1.29 is 9.32 Å². The molecule has 2 aromatic rings. The molecule has 2 saturated heterocycles. The summed E-state index contributed by atoms with van der Waals surface area (Å²) in [6, 6.07) is 3.86. The molecule has 0 aromatic carbocycles. The summed E-state index contributed by atoms with van der Waals surface area (Å²) in [4.78, 5) is 28.5. The lowest BCUT2D eigenvalue weighted by Gasteiger charge is -2.35. The van der Waals surface area contributed by atoms with Crippen LogP contribution in [0, 0.1) is 6.92 Å². The number of nitrogens with zero attached hydrogens (tertiary/aromatic N) is 6. The van der Waals surface area contributed by atoms with Gasteiger partial charge in [0.1, 0.15) is 11.6 Å². The van der Waals surface area contributed by atoms with E-state index in [1.54, 1.807) is 0 Å². The Bertz CT molecular complexity index is 863. The summed E-state index contributed by atoms with van der Waals surface area (Å²) in [6.45, 7) is 6.92. The van der Waals surface area contributed by atoms with Crippen molar-refractivity contribution in [1.29, 1.82) is 0 Å². The molecule has 0 bridgehead atoms. The Balaban J connectivity index is 1.24. The third-order valence-electron chi connectivity index (χ3n) is 5.84. The molecule has 28 heavy (non-hydrogen) atoms. The molecule has 2 aliphatic heterocycles.